The topological polar surface area (TPSA) is 44.6 Å². The SMILES string of the molecule is CC(C)[C@H]1CC[C@@H](C/C(=N/O)Nc2cccc(Cl)c2)CC1. The van der Waals surface area contributed by atoms with Crippen LogP contribution in [0.5, 0.6) is 0 Å². The molecule has 116 valence electrons. The van der Waals surface area contributed by atoms with Crippen molar-refractivity contribution in [1.29, 1.82) is 0 Å². The van der Waals surface area contributed by atoms with Crippen LogP contribution >= 0.6 is 11.6 Å². The first-order chi connectivity index (χ1) is 10.1. The van der Waals surface area contributed by atoms with E-state index in [4.69, 9.17) is 11.6 Å². The predicted molar refractivity (Wildman–Crippen MR) is 89.2 cm³/mol. The van der Waals surface area contributed by atoms with Crippen molar-refractivity contribution in [3.8, 4) is 0 Å². The van der Waals surface area contributed by atoms with Crippen molar-refractivity contribution in [2.75, 3.05) is 5.32 Å². The van der Waals surface area contributed by atoms with Gasteiger partial charge in [-0.2, -0.15) is 0 Å². The fourth-order valence-electron chi connectivity index (χ4n) is 3.18. The van der Waals surface area contributed by atoms with Crippen LogP contribution in [0.25, 0.3) is 0 Å². The molecular weight excluding hydrogens is 284 g/mol. The highest BCUT2D eigenvalue weighted by Gasteiger charge is 2.24. The van der Waals surface area contributed by atoms with Gasteiger partial charge in [-0.05, 0) is 61.6 Å². The van der Waals surface area contributed by atoms with E-state index < -0.39 is 0 Å². The zero-order valence-electron chi connectivity index (χ0n) is 12.8. The Hall–Kier alpha value is -1.22. The Morgan fingerprint density at radius 2 is 2.05 bits per heavy atom. The molecule has 0 saturated heterocycles. The summed E-state index contributed by atoms with van der Waals surface area (Å²) < 4.78 is 0. The van der Waals surface area contributed by atoms with Crippen molar-refractivity contribution in [1.82, 2.24) is 0 Å². The van der Waals surface area contributed by atoms with Crippen LogP contribution in [-0.4, -0.2) is 11.0 Å². The van der Waals surface area contributed by atoms with Crippen LogP contribution in [0.3, 0.4) is 0 Å². The van der Waals surface area contributed by atoms with Crippen molar-refractivity contribution >= 4 is 23.1 Å². The van der Waals surface area contributed by atoms with E-state index in [1.807, 2.05) is 24.3 Å². The number of anilines is 1. The lowest BCUT2D eigenvalue weighted by atomic mass is 9.76. The van der Waals surface area contributed by atoms with Crippen LogP contribution in [0.2, 0.25) is 5.02 Å². The molecule has 0 radical (unpaired) electrons. The quantitative estimate of drug-likeness (QED) is 0.339. The van der Waals surface area contributed by atoms with Crippen LogP contribution < -0.4 is 5.32 Å². The van der Waals surface area contributed by atoms with Crippen molar-refractivity contribution < 1.29 is 5.21 Å². The Morgan fingerprint density at radius 1 is 1.33 bits per heavy atom. The lowest BCUT2D eigenvalue weighted by molar-refractivity contribution is 0.226. The lowest BCUT2D eigenvalue weighted by Crippen LogP contribution is -2.23. The predicted octanol–water partition coefficient (Wildman–Crippen LogP) is 5.39. The molecule has 3 nitrogen and oxygen atoms in total. The Balaban J connectivity index is 1.86. The molecule has 2 rings (SSSR count). The number of amidine groups is 1. The number of nitrogens with one attached hydrogen (secondary N) is 1. The number of halogens is 1. The van der Waals surface area contributed by atoms with Crippen molar-refractivity contribution in [3.63, 3.8) is 0 Å². The summed E-state index contributed by atoms with van der Waals surface area (Å²) in [7, 11) is 0. The van der Waals surface area contributed by atoms with Crippen molar-refractivity contribution in [2.45, 2.75) is 46.0 Å². The third-order valence-electron chi connectivity index (χ3n) is 4.55. The van der Waals surface area contributed by atoms with Crippen LogP contribution in [0.4, 0.5) is 5.69 Å². The zero-order chi connectivity index (χ0) is 15.2. The maximum atomic E-state index is 9.22. The second kappa shape index (κ2) is 7.69. The fraction of sp³-hybridized carbons (Fsp3) is 0.588. The molecule has 0 aromatic heterocycles. The summed E-state index contributed by atoms with van der Waals surface area (Å²) in [6, 6.07) is 7.47. The van der Waals surface area contributed by atoms with E-state index in [0.717, 1.165) is 23.9 Å². The van der Waals surface area contributed by atoms with Gasteiger partial charge in [0.2, 0.25) is 0 Å². The molecule has 0 atom stereocenters. The average molecular weight is 309 g/mol. The lowest BCUT2D eigenvalue weighted by Gasteiger charge is -2.31. The van der Waals surface area contributed by atoms with Gasteiger partial charge in [0.1, 0.15) is 5.84 Å². The van der Waals surface area contributed by atoms with Crippen LogP contribution in [0, 0.1) is 17.8 Å². The van der Waals surface area contributed by atoms with Gasteiger partial charge < -0.3 is 10.5 Å². The minimum Gasteiger partial charge on any atom is -0.409 e. The summed E-state index contributed by atoms with van der Waals surface area (Å²) in [6.07, 6.45) is 5.82. The van der Waals surface area contributed by atoms with Gasteiger partial charge in [0.05, 0.1) is 0 Å². The second-order valence-corrected chi connectivity index (χ2v) is 6.85. The van der Waals surface area contributed by atoms with Gasteiger partial charge in [0.25, 0.3) is 0 Å². The third-order valence-corrected chi connectivity index (χ3v) is 4.79. The molecule has 1 aliphatic rings. The maximum Gasteiger partial charge on any atom is 0.146 e. The number of nitrogens with zero attached hydrogens (tertiary/aromatic N) is 1. The first-order valence-electron chi connectivity index (χ1n) is 7.82. The number of rotatable bonds is 4. The molecule has 0 heterocycles. The van der Waals surface area contributed by atoms with Gasteiger partial charge >= 0.3 is 0 Å². The van der Waals surface area contributed by atoms with Gasteiger partial charge in [0.15, 0.2) is 0 Å². The van der Waals surface area contributed by atoms with Gasteiger partial charge in [0, 0.05) is 17.1 Å². The molecule has 21 heavy (non-hydrogen) atoms. The summed E-state index contributed by atoms with van der Waals surface area (Å²) in [6.45, 7) is 4.62. The number of hydrogen-bond acceptors (Lipinski definition) is 2. The van der Waals surface area contributed by atoms with E-state index in [2.05, 4.69) is 24.3 Å². The Bertz CT molecular complexity index is 479. The van der Waals surface area contributed by atoms with Gasteiger partial charge in [-0.25, -0.2) is 0 Å². The Kier molecular flexibility index (Phi) is 5.92. The first kappa shape index (κ1) is 16.2. The van der Waals surface area contributed by atoms with E-state index in [9.17, 15) is 5.21 Å². The van der Waals surface area contributed by atoms with Gasteiger partial charge in [-0.15, -0.1) is 0 Å². The van der Waals surface area contributed by atoms with E-state index in [0.29, 0.717) is 16.8 Å². The maximum absolute atomic E-state index is 9.22. The molecule has 0 unspecified atom stereocenters. The molecule has 0 aliphatic heterocycles. The summed E-state index contributed by atoms with van der Waals surface area (Å²) in [4.78, 5) is 0. The van der Waals surface area contributed by atoms with Crippen molar-refractivity contribution in [3.05, 3.63) is 29.3 Å². The summed E-state index contributed by atoms with van der Waals surface area (Å²) >= 11 is 5.97. The van der Waals surface area contributed by atoms with Gasteiger partial charge in [-0.3, -0.25) is 0 Å². The van der Waals surface area contributed by atoms with E-state index in [1.165, 1.54) is 25.7 Å². The summed E-state index contributed by atoms with van der Waals surface area (Å²) in [5.74, 6) is 2.88. The molecule has 0 amide bonds. The monoisotopic (exact) mass is 308 g/mol. The molecular formula is C17H25ClN2O. The van der Waals surface area contributed by atoms with Crippen molar-refractivity contribution in [2.24, 2.45) is 22.9 Å². The highest BCUT2D eigenvalue weighted by Crippen LogP contribution is 2.35. The molecule has 4 heteroatoms. The largest absolute Gasteiger partial charge is 0.409 e. The molecule has 1 aromatic rings. The molecule has 1 saturated carbocycles. The second-order valence-electron chi connectivity index (χ2n) is 6.41. The van der Waals surface area contributed by atoms with E-state index in [-0.39, 0.29) is 0 Å². The van der Waals surface area contributed by atoms with Crippen LogP contribution in [0.15, 0.2) is 29.4 Å². The standard InChI is InChI=1S/C17H25ClN2O/c1-12(2)14-8-6-13(7-9-14)10-17(20-21)19-16-5-3-4-15(18)11-16/h3-5,11-14,21H,6-10H2,1-2H3,(H,19,20)/t13-,14+. The molecule has 0 bridgehead atoms. The molecule has 1 fully saturated rings. The number of hydrogen-bond donors (Lipinski definition) is 2. The van der Waals surface area contributed by atoms with Crippen LogP contribution in [0.1, 0.15) is 46.0 Å². The van der Waals surface area contributed by atoms with Crippen LogP contribution in [-0.2, 0) is 0 Å². The normalized spacial score (nSPS) is 23.3. The molecule has 0 spiro atoms. The summed E-state index contributed by atoms with van der Waals surface area (Å²) in [5.41, 5.74) is 0.867. The van der Waals surface area contributed by atoms with E-state index in [1.54, 1.807) is 0 Å². The third kappa shape index (κ3) is 4.92. The molecule has 1 aromatic carbocycles. The zero-order valence-corrected chi connectivity index (χ0v) is 13.6. The Labute approximate surface area is 132 Å². The summed E-state index contributed by atoms with van der Waals surface area (Å²) in [5, 5.41) is 16.5. The number of benzene rings is 1. The minimum absolute atomic E-state index is 0.609. The van der Waals surface area contributed by atoms with Gasteiger partial charge in [-0.1, -0.05) is 36.7 Å². The smallest absolute Gasteiger partial charge is 0.146 e. The fourth-order valence-corrected chi connectivity index (χ4v) is 3.37. The first-order valence-corrected chi connectivity index (χ1v) is 8.19. The Morgan fingerprint density at radius 3 is 2.62 bits per heavy atom. The highest BCUT2D eigenvalue weighted by atomic mass is 35.5. The van der Waals surface area contributed by atoms with E-state index >= 15 is 0 Å². The highest BCUT2D eigenvalue weighted by molar-refractivity contribution is 6.30. The molecule has 1 aliphatic carbocycles. The minimum atomic E-state index is 0.609. The average Bonchev–Trinajstić information content (AvgIpc) is 2.47. The number of oxime groups is 1. The molecule has 2 N–H and O–H groups in total.